The summed E-state index contributed by atoms with van der Waals surface area (Å²) in [5.41, 5.74) is 1.72. The van der Waals surface area contributed by atoms with E-state index >= 15 is 0 Å². The minimum Gasteiger partial charge on any atom is -0.349 e. The number of carbonyl (C=O) groups excluding carboxylic acids is 1. The van der Waals surface area contributed by atoms with Crippen LogP contribution in [0.2, 0.25) is 0 Å². The van der Waals surface area contributed by atoms with Gasteiger partial charge < -0.3 is 9.88 Å². The van der Waals surface area contributed by atoms with E-state index in [1.165, 1.54) is 17.8 Å². The number of hydrogen-bond donors (Lipinski definition) is 1. The number of amides is 1. The van der Waals surface area contributed by atoms with E-state index < -0.39 is 0 Å². The maximum Gasteiger partial charge on any atom is 0.238 e. The van der Waals surface area contributed by atoms with E-state index in [-0.39, 0.29) is 17.8 Å². The first-order chi connectivity index (χ1) is 10.1. The third-order valence-electron chi connectivity index (χ3n) is 3.92. The molecule has 2 heterocycles. The summed E-state index contributed by atoms with van der Waals surface area (Å²) in [5, 5.41) is 2.74. The Labute approximate surface area is 123 Å². The topological polar surface area (TPSA) is 37.3 Å². The molecule has 0 spiro atoms. The molecule has 1 atom stereocenters. The van der Waals surface area contributed by atoms with E-state index in [0.717, 1.165) is 13.1 Å². The Morgan fingerprint density at radius 1 is 1.33 bits per heavy atom. The van der Waals surface area contributed by atoms with Gasteiger partial charge in [-0.2, -0.15) is 0 Å². The lowest BCUT2D eigenvalue weighted by molar-refractivity contribution is -0.118. The van der Waals surface area contributed by atoms with Crippen LogP contribution < -0.4 is 5.32 Å². The number of anilines is 1. The Kier molecular flexibility index (Phi) is 3.75. The van der Waals surface area contributed by atoms with Crippen molar-refractivity contribution in [2.24, 2.45) is 0 Å². The van der Waals surface area contributed by atoms with Crippen molar-refractivity contribution in [2.75, 3.05) is 18.4 Å². The molecule has 1 aliphatic heterocycles. The van der Waals surface area contributed by atoms with Crippen LogP contribution in [0.5, 0.6) is 0 Å². The van der Waals surface area contributed by atoms with Gasteiger partial charge in [0, 0.05) is 36.7 Å². The molecule has 21 heavy (non-hydrogen) atoms. The standard InChI is InChI=1S/C16H18FN3O/c1-12-15-6-3-7-19(15)8-9-20(12)11-16(21)18-14-5-2-4-13(17)10-14/h2-7,10,12H,8-9,11H2,1H3,(H,18,21). The van der Waals surface area contributed by atoms with Crippen LogP contribution in [0.25, 0.3) is 0 Å². The molecule has 0 bridgehead atoms. The molecule has 4 nitrogen and oxygen atoms in total. The monoisotopic (exact) mass is 287 g/mol. The zero-order valence-electron chi connectivity index (χ0n) is 11.9. The van der Waals surface area contributed by atoms with Crippen LogP contribution in [0.3, 0.4) is 0 Å². The van der Waals surface area contributed by atoms with Gasteiger partial charge in [-0.15, -0.1) is 0 Å². The van der Waals surface area contributed by atoms with Crippen molar-refractivity contribution in [3.8, 4) is 0 Å². The van der Waals surface area contributed by atoms with Crippen LogP contribution in [0.15, 0.2) is 42.6 Å². The summed E-state index contributed by atoms with van der Waals surface area (Å²) in [6.07, 6.45) is 2.07. The van der Waals surface area contributed by atoms with Crippen molar-refractivity contribution in [2.45, 2.75) is 19.5 Å². The van der Waals surface area contributed by atoms with E-state index in [2.05, 4.69) is 34.0 Å². The third-order valence-corrected chi connectivity index (χ3v) is 3.92. The van der Waals surface area contributed by atoms with Crippen LogP contribution in [-0.4, -0.2) is 28.5 Å². The quantitative estimate of drug-likeness (QED) is 0.942. The van der Waals surface area contributed by atoms with Gasteiger partial charge >= 0.3 is 0 Å². The summed E-state index contributed by atoms with van der Waals surface area (Å²) < 4.78 is 15.3. The molecule has 2 aromatic rings. The Morgan fingerprint density at radius 3 is 3.00 bits per heavy atom. The van der Waals surface area contributed by atoms with Gasteiger partial charge in [0.05, 0.1) is 6.54 Å². The maximum atomic E-state index is 13.1. The normalized spacial score (nSPS) is 18.3. The average Bonchev–Trinajstić information content (AvgIpc) is 2.91. The highest BCUT2D eigenvalue weighted by atomic mass is 19.1. The fourth-order valence-electron chi connectivity index (χ4n) is 2.79. The summed E-state index contributed by atoms with van der Waals surface area (Å²) in [7, 11) is 0. The van der Waals surface area contributed by atoms with Gasteiger partial charge in [-0.1, -0.05) is 6.07 Å². The number of halogens is 1. The van der Waals surface area contributed by atoms with Crippen molar-refractivity contribution < 1.29 is 9.18 Å². The minimum absolute atomic E-state index is 0.118. The summed E-state index contributed by atoms with van der Waals surface area (Å²) in [4.78, 5) is 14.2. The van der Waals surface area contributed by atoms with Gasteiger partial charge in [0.25, 0.3) is 0 Å². The molecule has 110 valence electrons. The number of nitrogens with zero attached hydrogens (tertiary/aromatic N) is 2. The van der Waals surface area contributed by atoms with Gasteiger partial charge in [-0.05, 0) is 37.3 Å². The van der Waals surface area contributed by atoms with E-state index in [4.69, 9.17) is 0 Å². The highest BCUT2D eigenvalue weighted by Gasteiger charge is 2.24. The smallest absolute Gasteiger partial charge is 0.238 e. The van der Waals surface area contributed by atoms with Gasteiger partial charge in [0.15, 0.2) is 0 Å². The molecule has 1 aromatic carbocycles. The second-order valence-electron chi connectivity index (χ2n) is 5.33. The Balaban J connectivity index is 1.63. The van der Waals surface area contributed by atoms with Crippen LogP contribution in [0.1, 0.15) is 18.7 Å². The highest BCUT2D eigenvalue weighted by molar-refractivity contribution is 5.92. The van der Waals surface area contributed by atoms with Crippen molar-refractivity contribution in [3.63, 3.8) is 0 Å². The zero-order chi connectivity index (χ0) is 14.8. The summed E-state index contributed by atoms with van der Waals surface area (Å²) in [5.74, 6) is -0.468. The molecule has 0 radical (unpaired) electrons. The first kappa shape index (κ1) is 13.8. The second kappa shape index (κ2) is 5.69. The van der Waals surface area contributed by atoms with Crippen molar-refractivity contribution in [3.05, 3.63) is 54.1 Å². The predicted molar refractivity (Wildman–Crippen MR) is 79.4 cm³/mol. The van der Waals surface area contributed by atoms with E-state index in [1.807, 2.05) is 6.07 Å². The van der Waals surface area contributed by atoms with E-state index in [0.29, 0.717) is 12.2 Å². The van der Waals surface area contributed by atoms with Gasteiger partial charge in [0.2, 0.25) is 5.91 Å². The molecule has 1 aliphatic rings. The number of carbonyl (C=O) groups is 1. The Morgan fingerprint density at radius 2 is 2.19 bits per heavy atom. The molecule has 1 unspecified atom stereocenters. The molecule has 1 N–H and O–H groups in total. The molecular formula is C16H18FN3O. The molecule has 0 fully saturated rings. The van der Waals surface area contributed by atoms with Crippen LogP contribution in [-0.2, 0) is 11.3 Å². The number of fused-ring (bicyclic) bond motifs is 1. The van der Waals surface area contributed by atoms with Gasteiger partial charge in [0.1, 0.15) is 5.82 Å². The molecule has 1 aromatic heterocycles. The zero-order valence-corrected chi connectivity index (χ0v) is 11.9. The summed E-state index contributed by atoms with van der Waals surface area (Å²) in [6, 6.07) is 10.3. The van der Waals surface area contributed by atoms with Crippen molar-refractivity contribution in [1.29, 1.82) is 0 Å². The Bertz CT molecular complexity index is 652. The van der Waals surface area contributed by atoms with Crippen molar-refractivity contribution >= 4 is 11.6 Å². The van der Waals surface area contributed by atoms with Crippen LogP contribution >= 0.6 is 0 Å². The predicted octanol–water partition coefficient (Wildman–Crippen LogP) is 2.64. The van der Waals surface area contributed by atoms with Gasteiger partial charge in [-0.3, -0.25) is 9.69 Å². The lowest BCUT2D eigenvalue weighted by atomic mass is 10.1. The van der Waals surface area contributed by atoms with E-state index in [1.54, 1.807) is 12.1 Å². The first-order valence-corrected chi connectivity index (χ1v) is 7.08. The summed E-state index contributed by atoms with van der Waals surface area (Å²) in [6.45, 7) is 4.13. The minimum atomic E-state index is -0.350. The second-order valence-corrected chi connectivity index (χ2v) is 5.33. The first-order valence-electron chi connectivity index (χ1n) is 7.08. The molecule has 0 saturated carbocycles. The maximum absolute atomic E-state index is 13.1. The third kappa shape index (κ3) is 2.97. The number of hydrogen-bond acceptors (Lipinski definition) is 2. The Hall–Kier alpha value is -2.14. The fourth-order valence-corrected chi connectivity index (χ4v) is 2.79. The lowest BCUT2D eigenvalue weighted by Gasteiger charge is -2.34. The molecule has 1 amide bonds. The largest absolute Gasteiger partial charge is 0.349 e. The molecule has 5 heteroatoms. The van der Waals surface area contributed by atoms with Gasteiger partial charge in [-0.25, -0.2) is 4.39 Å². The molecule has 0 aliphatic carbocycles. The number of benzene rings is 1. The average molecular weight is 287 g/mol. The van der Waals surface area contributed by atoms with Crippen LogP contribution in [0, 0.1) is 5.82 Å². The number of nitrogens with one attached hydrogen (secondary N) is 1. The lowest BCUT2D eigenvalue weighted by Crippen LogP contribution is -2.41. The number of aromatic nitrogens is 1. The molecule has 3 rings (SSSR count). The number of rotatable bonds is 3. The van der Waals surface area contributed by atoms with Crippen LogP contribution in [0.4, 0.5) is 10.1 Å². The van der Waals surface area contributed by atoms with E-state index in [9.17, 15) is 9.18 Å². The summed E-state index contributed by atoms with van der Waals surface area (Å²) >= 11 is 0. The molecule has 0 saturated heterocycles. The fraction of sp³-hybridized carbons (Fsp3) is 0.312. The highest BCUT2D eigenvalue weighted by Crippen LogP contribution is 2.24. The SMILES string of the molecule is CC1c2cccn2CCN1CC(=O)Nc1cccc(F)c1. The van der Waals surface area contributed by atoms with Crippen molar-refractivity contribution in [1.82, 2.24) is 9.47 Å². The molecular weight excluding hydrogens is 269 g/mol.